The number of rotatable bonds is 18. The Morgan fingerprint density at radius 2 is 1.73 bits per heavy atom. The number of thioether (sulfide) groups is 1. The molecule has 0 radical (unpaired) electrons. The van der Waals surface area contributed by atoms with Gasteiger partial charge in [0.15, 0.2) is 0 Å². The van der Waals surface area contributed by atoms with Crippen molar-refractivity contribution in [2.75, 3.05) is 50.0 Å². The van der Waals surface area contributed by atoms with Gasteiger partial charge in [-0.25, -0.2) is 9.59 Å². The highest BCUT2D eigenvalue weighted by atomic mass is 35.5. The number of methoxy groups -OCH3 is 2. The molecule has 19 nitrogen and oxygen atoms in total. The van der Waals surface area contributed by atoms with Crippen LogP contribution in [-0.4, -0.2) is 145 Å². The number of nitrogens with zero attached hydrogens (tertiary/aromatic N) is 2. The van der Waals surface area contributed by atoms with Gasteiger partial charge >= 0.3 is 12.1 Å². The molecule has 2 aromatic rings. The maximum atomic E-state index is 14.3. The molecule has 3 heterocycles. The average Bonchev–Trinajstić information content (AvgIpc) is 4.09. The number of ether oxygens (including phenoxy) is 5. The summed E-state index contributed by atoms with van der Waals surface area (Å²) < 4.78 is 29.8. The molecule has 5 N–H and O–H groups in total. The van der Waals surface area contributed by atoms with Gasteiger partial charge in [0.25, 0.3) is 0 Å². The van der Waals surface area contributed by atoms with E-state index in [9.17, 15) is 33.6 Å². The molecular weight excluding hydrogens is 1050 g/mol. The monoisotopic (exact) mass is 1120 g/mol. The number of hydrogen-bond acceptors (Lipinski definition) is 15. The van der Waals surface area contributed by atoms with Crippen LogP contribution in [0.4, 0.5) is 16.2 Å². The van der Waals surface area contributed by atoms with Crippen LogP contribution in [0.15, 0.2) is 60.2 Å². The van der Waals surface area contributed by atoms with Gasteiger partial charge in [-0.1, -0.05) is 54.5 Å². The Morgan fingerprint density at radius 3 is 2.39 bits per heavy atom. The minimum Gasteiger partial charge on any atom is -0.495 e. The molecule has 414 valence electrons. The van der Waals surface area contributed by atoms with E-state index in [0.29, 0.717) is 53.6 Å². The molecule has 2 aromatic carbocycles. The van der Waals surface area contributed by atoms with Crippen LogP contribution < -0.4 is 30.9 Å². The number of likely N-dealkylation sites (N-methyl/N-ethyl adjacent to an activating group) is 1. The number of fused-ring (bicyclic) bond motifs is 5. The van der Waals surface area contributed by atoms with Crippen LogP contribution in [0, 0.1) is 5.92 Å². The zero-order valence-corrected chi connectivity index (χ0v) is 47.9. The average molecular weight is 1120 g/mol. The Labute approximate surface area is 457 Å². The van der Waals surface area contributed by atoms with Crippen molar-refractivity contribution in [3.8, 4) is 5.75 Å². The summed E-state index contributed by atoms with van der Waals surface area (Å²) in [5.74, 6) is -1.09. The number of carbonyl (C=O) groups is 7. The zero-order chi connectivity index (χ0) is 55.7. The van der Waals surface area contributed by atoms with E-state index in [1.165, 1.54) is 45.2 Å². The number of carbonyl (C=O) groups excluding carboxylic acids is 7. The SMILES string of the molecule is COc1cc2cc(c1Cl)N(C)C(=O)CC(OC(=O)C(C)N(C)C(=O)CCSCc1ccc(NC(=O)C(C)NC(=O)C(C)NC(=O)CCCS)cc1)C1(C)OC1C(C)C1CC(NC(=O)O1)C(OC)/C=C/C=C(\C)C2.OP. The highest BCUT2D eigenvalue weighted by molar-refractivity contribution is 7.98. The van der Waals surface area contributed by atoms with Crippen LogP contribution in [0.25, 0.3) is 0 Å². The second-order valence-corrected chi connectivity index (χ2v) is 20.9. The summed E-state index contributed by atoms with van der Waals surface area (Å²) in [5.41, 5.74) is 2.50. The number of amides is 6. The predicted molar refractivity (Wildman–Crippen MR) is 296 cm³/mol. The van der Waals surface area contributed by atoms with Crippen LogP contribution in [0.1, 0.15) is 84.8 Å². The lowest BCUT2D eigenvalue weighted by molar-refractivity contribution is -0.162. The van der Waals surface area contributed by atoms with Crippen LogP contribution in [-0.2, 0) is 59.9 Å². The summed E-state index contributed by atoms with van der Waals surface area (Å²) in [6.45, 7) is 10.3. The molecule has 0 aliphatic carbocycles. The second kappa shape index (κ2) is 29.6. The van der Waals surface area contributed by atoms with Gasteiger partial charge in [-0.15, -0.1) is 0 Å². The molecule has 3 aliphatic rings. The molecule has 2 saturated heterocycles. The molecule has 3 aliphatic heterocycles. The summed E-state index contributed by atoms with van der Waals surface area (Å²) >= 11 is 12.4. The fourth-order valence-corrected chi connectivity index (χ4v) is 10.0. The second-order valence-electron chi connectivity index (χ2n) is 19.0. The van der Waals surface area contributed by atoms with Gasteiger partial charge in [0.1, 0.15) is 46.7 Å². The van der Waals surface area contributed by atoms with E-state index in [0.717, 1.165) is 16.7 Å². The number of anilines is 2. The number of thiol groups is 1. The van der Waals surface area contributed by atoms with Crippen molar-refractivity contribution >= 4 is 98.4 Å². The molecular formula is C52H74ClN6O13PS2. The number of epoxide rings is 1. The van der Waals surface area contributed by atoms with Gasteiger partial charge in [-0.2, -0.15) is 24.4 Å². The maximum absolute atomic E-state index is 14.3. The number of benzene rings is 2. The quantitative estimate of drug-likeness (QED) is 0.0333. The highest BCUT2D eigenvalue weighted by Crippen LogP contribution is 2.49. The lowest BCUT2D eigenvalue weighted by atomic mass is 9.84. The van der Waals surface area contributed by atoms with Crippen molar-refractivity contribution in [2.45, 2.75) is 140 Å². The van der Waals surface area contributed by atoms with Crippen LogP contribution in [0.5, 0.6) is 5.75 Å². The zero-order valence-electron chi connectivity index (χ0n) is 44.3. The molecule has 0 saturated carbocycles. The third kappa shape index (κ3) is 17.6. The van der Waals surface area contributed by atoms with E-state index in [1.54, 1.807) is 54.0 Å². The summed E-state index contributed by atoms with van der Waals surface area (Å²) in [6.07, 6.45) is 3.86. The number of esters is 1. The fourth-order valence-electron chi connectivity index (χ4n) is 8.65. The molecule has 4 bridgehead atoms. The van der Waals surface area contributed by atoms with Crippen molar-refractivity contribution in [1.29, 1.82) is 0 Å². The third-order valence-electron chi connectivity index (χ3n) is 13.5. The van der Waals surface area contributed by atoms with Crippen LogP contribution in [0.3, 0.4) is 0 Å². The molecule has 75 heavy (non-hydrogen) atoms. The third-order valence-corrected chi connectivity index (χ3v) is 15.2. The largest absolute Gasteiger partial charge is 0.495 e. The number of allylic oxidation sites excluding steroid dienone is 3. The Bertz CT molecular complexity index is 2400. The molecule has 0 spiro atoms. The minimum atomic E-state index is -1.18. The summed E-state index contributed by atoms with van der Waals surface area (Å²) in [4.78, 5) is 102. The first-order chi connectivity index (χ1) is 35.6. The van der Waals surface area contributed by atoms with E-state index in [4.69, 9.17) is 40.2 Å². The molecule has 11 unspecified atom stereocenters. The van der Waals surface area contributed by atoms with E-state index in [-0.39, 0.29) is 36.1 Å². The topological polar surface area (TPSA) is 244 Å². The fraction of sp³-hybridized carbons (Fsp3) is 0.558. The number of alkyl carbamates (subject to hydrolysis) is 1. The van der Waals surface area contributed by atoms with Crippen LogP contribution in [0.2, 0.25) is 5.02 Å². The normalized spacial score (nSPS) is 24.8. The summed E-state index contributed by atoms with van der Waals surface area (Å²) in [7, 11) is 7.60. The Morgan fingerprint density at radius 1 is 1.05 bits per heavy atom. The van der Waals surface area contributed by atoms with Crippen molar-refractivity contribution in [1.82, 2.24) is 20.9 Å². The number of halogens is 1. The van der Waals surface area contributed by atoms with Crippen LogP contribution >= 0.6 is 45.5 Å². The van der Waals surface area contributed by atoms with Gasteiger partial charge in [0.05, 0.1) is 37.5 Å². The molecule has 6 amide bonds. The summed E-state index contributed by atoms with van der Waals surface area (Å²) in [6, 6.07) is 7.68. The lowest BCUT2D eigenvalue weighted by Crippen LogP contribution is -2.53. The molecule has 5 rings (SSSR count). The predicted octanol–water partition coefficient (Wildman–Crippen LogP) is 5.94. The van der Waals surface area contributed by atoms with Gasteiger partial charge in [-0.05, 0) is 98.1 Å². The number of hydrogen-bond donors (Lipinski definition) is 6. The van der Waals surface area contributed by atoms with Gasteiger partial charge in [0.2, 0.25) is 29.5 Å². The first-order valence-electron chi connectivity index (χ1n) is 24.6. The standard InChI is InChI=1S/C52H71ClN6O12S2.H3OP/c1-29-13-11-14-39(67-9)37-26-40(69-51(66)57-37)30(2)47-52(6,71-47)42(27-45(62)59(8)38-24-35(23-29)25-41(68-10)46(38)53)70-50(65)33(5)58(7)44(61)20-22-73-28-34-16-18-36(19-17-34)56-49(64)32(4)55-48(63)31(3)54-43(60)15-12-21-72;1-2/h11,13-14,16-19,24-25,30-33,37,39-40,42,47,72H,12,15,20-23,26-28H2,1-10H3,(H,54,60)(H,55,63)(H,56,64)(H,57,66);1H,2H2/b14-11+,29-13+;. The van der Waals surface area contributed by atoms with E-state index in [1.807, 2.05) is 56.3 Å². The van der Waals surface area contributed by atoms with Crippen molar-refractivity contribution in [3.63, 3.8) is 0 Å². The number of nitrogens with one attached hydrogen (secondary N) is 4. The van der Waals surface area contributed by atoms with Crippen molar-refractivity contribution in [3.05, 3.63) is 76.3 Å². The molecule has 2 fully saturated rings. The van der Waals surface area contributed by atoms with Crippen molar-refractivity contribution < 1.29 is 62.1 Å². The van der Waals surface area contributed by atoms with Crippen molar-refractivity contribution in [2.24, 2.45) is 5.92 Å². The smallest absolute Gasteiger partial charge is 0.407 e. The molecule has 23 heteroatoms. The van der Waals surface area contributed by atoms with E-state index >= 15 is 0 Å². The van der Waals surface area contributed by atoms with E-state index in [2.05, 4.69) is 33.9 Å². The Kier molecular flexibility index (Phi) is 24.7. The summed E-state index contributed by atoms with van der Waals surface area (Å²) in [5, 5.41) is 11.1. The maximum Gasteiger partial charge on any atom is 0.407 e. The molecule has 0 aromatic heterocycles. The first-order valence-corrected chi connectivity index (χ1v) is 27.3. The molecule has 11 atom stereocenters. The highest BCUT2D eigenvalue weighted by Gasteiger charge is 2.64. The van der Waals surface area contributed by atoms with E-state index < -0.39 is 89.9 Å². The van der Waals surface area contributed by atoms with Gasteiger partial charge in [-0.3, -0.25) is 24.0 Å². The Hall–Kier alpha value is -4.89. The minimum absolute atomic E-state index is 0.121. The first kappa shape index (κ1) is 62.6. The lowest BCUT2D eigenvalue weighted by Gasteiger charge is -2.36. The van der Waals surface area contributed by atoms with Gasteiger partial charge < -0.3 is 59.6 Å². The van der Waals surface area contributed by atoms with Gasteiger partial charge in [0, 0.05) is 63.6 Å². The Balaban J connectivity index is 0.00000601.